The fourth-order valence-electron chi connectivity index (χ4n) is 3.07. The minimum absolute atomic E-state index is 0.825. The van der Waals surface area contributed by atoms with Crippen LogP contribution in [0.5, 0.6) is 11.5 Å². The Hall–Kier alpha value is -1.52. The molecule has 1 heterocycles. The largest absolute Gasteiger partial charge is 0.493 e. The number of rotatable bonds is 4. The quantitative estimate of drug-likeness (QED) is 0.903. The summed E-state index contributed by atoms with van der Waals surface area (Å²) < 4.78 is 12.0. The summed E-state index contributed by atoms with van der Waals surface area (Å²) >= 11 is 3.49. The summed E-state index contributed by atoms with van der Waals surface area (Å²) in [6.07, 6.45) is 1.08. The van der Waals surface area contributed by atoms with Crippen LogP contribution >= 0.6 is 15.9 Å². The number of halogens is 1. The van der Waals surface area contributed by atoms with Crippen LogP contribution in [0.3, 0.4) is 0 Å². The molecule has 0 saturated heterocycles. The van der Waals surface area contributed by atoms with Gasteiger partial charge in [0.15, 0.2) is 11.5 Å². The topological polar surface area (TPSA) is 22.9 Å². The van der Waals surface area contributed by atoms with Crippen molar-refractivity contribution in [3.8, 4) is 11.5 Å². The van der Waals surface area contributed by atoms with E-state index in [1.807, 2.05) is 0 Å². The van der Waals surface area contributed by atoms with Gasteiger partial charge in [-0.3, -0.25) is 0 Å². The average Bonchev–Trinajstić information content (AvgIpc) is 2.55. The number of quaternary nitrogens is 1. The molecule has 22 heavy (non-hydrogen) atoms. The Bertz CT molecular complexity index is 655. The molecule has 1 aliphatic heterocycles. The molecule has 1 aliphatic rings. The first kappa shape index (κ1) is 15.4. The van der Waals surface area contributed by atoms with Crippen molar-refractivity contribution >= 4 is 15.9 Å². The van der Waals surface area contributed by atoms with Gasteiger partial charge in [-0.25, -0.2) is 0 Å². The summed E-state index contributed by atoms with van der Waals surface area (Å²) in [6, 6.07) is 12.9. The number of ether oxygens (including phenoxy) is 2. The Balaban J connectivity index is 1.76. The van der Waals surface area contributed by atoms with Gasteiger partial charge < -0.3 is 14.4 Å². The summed E-state index contributed by atoms with van der Waals surface area (Å²) in [5.74, 6) is 1.66. The van der Waals surface area contributed by atoms with Crippen LogP contribution in [0.4, 0.5) is 0 Å². The zero-order valence-corrected chi connectivity index (χ0v) is 14.6. The van der Waals surface area contributed by atoms with Crippen LogP contribution < -0.4 is 14.4 Å². The molecule has 0 amide bonds. The molecule has 3 rings (SSSR count). The van der Waals surface area contributed by atoms with Crippen molar-refractivity contribution < 1.29 is 14.4 Å². The van der Waals surface area contributed by atoms with Gasteiger partial charge in [-0.1, -0.05) is 28.1 Å². The Morgan fingerprint density at radius 3 is 2.27 bits per heavy atom. The van der Waals surface area contributed by atoms with Gasteiger partial charge in [-0.05, 0) is 29.8 Å². The molecule has 0 bridgehead atoms. The molecule has 2 aromatic rings. The molecule has 0 aliphatic carbocycles. The SMILES string of the molecule is COc1cc2c(cc1OC)C[NH+](Cc1ccc(Br)cc1)CC2. The highest BCUT2D eigenvalue weighted by atomic mass is 79.9. The number of methoxy groups -OCH3 is 2. The Labute approximate surface area is 140 Å². The maximum atomic E-state index is 5.43. The van der Waals surface area contributed by atoms with Crippen LogP contribution in [0.15, 0.2) is 40.9 Å². The lowest BCUT2D eigenvalue weighted by atomic mass is 9.98. The van der Waals surface area contributed by atoms with E-state index in [-0.39, 0.29) is 0 Å². The number of fused-ring (bicyclic) bond motifs is 1. The van der Waals surface area contributed by atoms with E-state index >= 15 is 0 Å². The number of nitrogens with one attached hydrogen (secondary N) is 1. The normalized spacial score (nSPS) is 17.0. The summed E-state index contributed by atoms with van der Waals surface area (Å²) in [6.45, 7) is 3.24. The molecular weight excluding hydrogens is 342 g/mol. The summed E-state index contributed by atoms with van der Waals surface area (Å²) in [5.41, 5.74) is 4.13. The van der Waals surface area contributed by atoms with Crippen molar-refractivity contribution in [2.75, 3.05) is 20.8 Å². The van der Waals surface area contributed by atoms with Gasteiger partial charge in [0.25, 0.3) is 0 Å². The lowest BCUT2D eigenvalue weighted by molar-refractivity contribution is -0.929. The third-order valence-corrected chi connectivity index (χ3v) is 4.79. The minimum atomic E-state index is 0.825. The Morgan fingerprint density at radius 1 is 1.00 bits per heavy atom. The Kier molecular flexibility index (Phi) is 4.69. The van der Waals surface area contributed by atoms with E-state index < -0.39 is 0 Å². The maximum Gasteiger partial charge on any atom is 0.161 e. The van der Waals surface area contributed by atoms with Crippen LogP contribution in [0.1, 0.15) is 16.7 Å². The van der Waals surface area contributed by atoms with E-state index in [9.17, 15) is 0 Å². The molecule has 0 radical (unpaired) electrons. The zero-order valence-electron chi connectivity index (χ0n) is 13.0. The minimum Gasteiger partial charge on any atom is -0.493 e. The van der Waals surface area contributed by atoms with E-state index in [0.29, 0.717) is 0 Å². The van der Waals surface area contributed by atoms with Crippen molar-refractivity contribution in [3.05, 3.63) is 57.6 Å². The van der Waals surface area contributed by atoms with E-state index in [1.54, 1.807) is 19.1 Å². The molecule has 0 aromatic heterocycles. The average molecular weight is 363 g/mol. The molecule has 3 nitrogen and oxygen atoms in total. The standard InChI is InChI=1S/C18H20BrNO2/c1-21-17-9-14-7-8-20(12-15(14)10-18(17)22-2)11-13-3-5-16(19)6-4-13/h3-6,9-10H,7-8,11-12H2,1-2H3/p+1. The first-order chi connectivity index (χ1) is 10.7. The molecule has 4 heteroatoms. The van der Waals surface area contributed by atoms with Gasteiger partial charge in [0, 0.05) is 22.0 Å². The van der Waals surface area contributed by atoms with Gasteiger partial charge in [-0.15, -0.1) is 0 Å². The monoisotopic (exact) mass is 362 g/mol. The molecule has 1 unspecified atom stereocenters. The maximum absolute atomic E-state index is 5.43. The van der Waals surface area contributed by atoms with Crippen molar-refractivity contribution in [2.45, 2.75) is 19.5 Å². The van der Waals surface area contributed by atoms with Gasteiger partial charge in [0.05, 0.1) is 20.8 Å². The van der Waals surface area contributed by atoms with Crippen molar-refractivity contribution in [2.24, 2.45) is 0 Å². The fourth-order valence-corrected chi connectivity index (χ4v) is 3.34. The predicted octanol–water partition coefficient (Wildman–Crippen LogP) is 2.61. The second kappa shape index (κ2) is 6.71. The smallest absolute Gasteiger partial charge is 0.161 e. The molecular formula is C18H21BrNO2+. The highest BCUT2D eigenvalue weighted by Gasteiger charge is 2.22. The van der Waals surface area contributed by atoms with Crippen LogP contribution in [0, 0.1) is 0 Å². The summed E-state index contributed by atoms with van der Waals surface area (Å²) in [7, 11) is 3.39. The van der Waals surface area contributed by atoms with Crippen molar-refractivity contribution in [1.29, 1.82) is 0 Å². The predicted molar refractivity (Wildman–Crippen MR) is 90.6 cm³/mol. The summed E-state index contributed by atoms with van der Waals surface area (Å²) in [4.78, 5) is 1.59. The van der Waals surface area contributed by atoms with Crippen molar-refractivity contribution in [1.82, 2.24) is 0 Å². The first-order valence-electron chi connectivity index (χ1n) is 7.51. The van der Waals surface area contributed by atoms with E-state index in [0.717, 1.165) is 42.0 Å². The number of hydrogen-bond donors (Lipinski definition) is 1. The third-order valence-electron chi connectivity index (χ3n) is 4.26. The zero-order chi connectivity index (χ0) is 15.5. The van der Waals surface area contributed by atoms with Crippen LogP contribution in [-0.2, 0) is 19.5 Å². The number of hydrogen-bond acceptors (Lipinski definition) is 2. The van der Waals surface area contributed by atoms with Crippen molar-refractivity contribution in [3.63, 3.8) is 0 Å². The second-order valence-electron chi connectivity index (χ2n) is 5.71. The molecule has 1 atom stereocenters. The fraction of sp³-hybridized carbons (Fsp3) is 0.333. The lowest BCUT2D eigenvalue weighted by Gasteiger charge is -2.27. The molecule has 0 saturated carbocycles. The van der Waals surface area contributed by atoms with E-state index in [1.165, 1.54) is 16.7 Å². The van der Waals surface area contributed by atoms with Gasteiger partial charge >= 0.3 is 0 Å². The first-order valence-corrected chi connectivity index (χ1v) is 8.30. The Morgan fingerprint density at radius 2 is 1.64 bits per heavy atom. The molecule has 0 spiro atoms. The van der Waals surface area contributed by atoms with E-state index in [4.69, 9.17) is 9.47 Å². The van der Waals surface area contributed by atoms with Gasteiger partial charge in [-0.2, -0.15) is 0 Å². The third kappa shape index (κ3) is 3.28. The lowest BCUT2D eigenvalue weighted by Crippen LogP contribution is -3.10. The molecule has 1 N–H and O–H groups in total. The van der Waals surface area contributed by atoms with Crippen LogP contribution in [-0.4, -0.2) is 20.8 Å². The highest BCUT2D eigenvalue weighted by Crippen LogP contribution is 2.31. The molecule has 116 valence electrons. The highest BCUT2D eigenvalue weighted by molar-refractivity contribution is 9.10. The van der Waals surface area contributed by atoms with Gasteiger partial charge in [0.1, 0.15) is 13.1 Å². The van der Waals surface area contributed by atoms with Crippen LogP contribution in [0.25, 0.3) is 0 Å². The van der Waals surface area contributed by atoms with Crippen LogP contribution in [0.2, 0.25) is 0 Å². The van der Waals surface area contributed by atoms with Gasteiger partial charge in [0.2, 0.25) is 0 Å². The number of benzene rings is 2. The van der Waals surface area contributed by atoms with E-state index in [2.05, 4.69) is 52.3 Å². The molecule has 0 fully saturated rings. The molecule has 2 aromatic carbocycles. The summed E-state index contributed by atoms with van der Waals surface area (Å²) in [5, 5.41) is 0. The second-order valence-corrected chi connectivity index (χ2v) is 6.62.